The highest BCUT2D eigenvalue weighted by molar-refractivity contribution is 7.87. The Bertz CT molecular complexity index is 320. The topological polar surface area (TPSA) is 64.7 Å². The normalized spacial score (nSPS) is 22.5. The molecule has 7 heteroatoms. The predicted octanol–water partition coefficient (Wildman–Crippen LogP) is -0.934. The molecule has 102 valence electrons. The first-order valence-corrected chi connectivity index (χ1v) is 7.46. The molecule has 2 N–H and O–H groups in total. The first-order valence-electron chi connectivity index (χ1n) is 6.02. The van der Waals surface area contributed by atoms with Gasteiger partial charge >= 0.3 is 0 Å². The summed E-state index contributed by atoms with van der Waals surface area (Å²) in [6, 6.07) is 0.0525. The third kappa shape index (κ3) is 4.89. The van der Waals surface area contributed by atoms with Crippen molar-refractivity contribution in [2.75, 3.05) is 47.3 Å². The Balaban J connectivity index is 2.39. The molecule has 1 aliphatic heterocycles. The van der Waals surface area contributed by atoms with Gasteiger partial charge in [0.25, 0.3) is 10.2 Å². The number of likely N-dealkylation sites (tertiary alicyclic amines) is 1. The summed E-state index contributed by atoms with van der Waals surface area (Å²) in [5, 5.41) is 3.00. The van der Waals surface area contributed by atoms with Crippen molar-refractivity contribution in [3.05, 3.63) is 0 Å². The lowest BCUT2D eigenvalue weighted by Gasteiger charge is -2.20. The van der Waals surface area contributed by atoms with Crippen LogP contribution in [0.1, 0.15) is 12.8 Å². The van der Waals surface area contributed by atoms with Crippen LogP contribution in [0.4, 0.5) is 0 Å². The molecule has 0 spiro atoms. The minimum absolute atomic E-state index is 0.0525. The van der Waals surface area contributed by atoms with Crippen LogP contribution in [0.3, 0.4) is 0 Å². The van der Waals surface area contributed by atoms with E-state index in [0.29, 0.717) is 6.54 Å². The highest BCUT2D eigenvalue weighted by Crippen LogP contribution is 2.08. The molecule has 1 unspecified atom stereocenters. The van der Waals surface area contributed by atoms with Crippen LogP contribution in [0, 0.1) is 0 Å². The van der Waals surface area contributed by atoms with E-state index in [-0.39, 0.29) is 6.04 Å². The molecule has 0 radical (unpaired) electrons. The fourth-order valence-electron chi connectivity index (χ4n) is 1.93. The molecule has 17 heavy (non-hydrogen) atoms. The Morgan fingerprint density at radius 1 is 1.47 bits per heavy atom. The Morgan fingerprint density at radius 2 is 2.18 bits per heavy atom. The molecule has 1 rings (SSSR count). The molecule has 0 aromatic rings. The molecule has 0 bridgehead atoms. The fourth-order valence-corrected chi connectivity index (χ4v) is 3.09. The number of rotatable bonds is 7. The Labute approximate surface area is 105 Å². The third-order valence-corrected chi connectivity index (χ3v) is 4.65. The van der Waals surface area contributed by atoms with E-state index in [9.17, 15) is 8.42 Å². The van der Waals surface area contributed by atoms with E-state index >= 15 is 0 Å². The number of hydrogen-bond donors (Lipinski definition) is 2. The Morgan fingerprint density at radius 3 is 2.71 bits per heavy atom. The van der Waals surface area contributed by atoms with Gasteiger partial charge in [-0.15, -0.1) is 0 Å². The molecule has 0 aliphatic carbocycles. The van der Waals surface area contributed by atoms with Crippen molar-refractivity contribution in [3.8, 4) is 0 Å². The van der Waals surface area contributed by atoms with E-state index in [2.05, 4.69) is 14.9 Å². The lowest BCUT2D eigenvalue weighted by atomic mass is 10.3. The molecule has 0 aromatic carbocycles. The average Bonchev–Trinajstić information content (AvgIpc) is 2.63. The predicted molar refractivity (Wildman–Crippen MR) is 69.1 cm³/mol. The summed E-state index contributed by atoms with van der Waals surface area (Å²) in [7, 11) is 2.17. The molecule has 1 heterocycles. The first kappa shape index (κ1) is 14.8. The van der Waals surface area contributed by atoms with Gasteiger partial charge < -0.3 is 10.2 Å². The van der Waals surface area contributed by atoms with Gasteiger partial charge in [0.05, 0.1) is 0 Å². The van der Waals surface area contributed by atoms with Crippen LogP contribution < -0.4 is 10.0 Å². The van der Waals surface area contributed by atoms with Crippen LogP contribution in [0.2, 0.25) is 0 Å². The van der Waals surface area contributed by atoms with Gasteiger partial charge in [-0.2, -0.15) is 17.4 Å². The smallest absolute Gasteiger partial charge is 0.279 e. The van der Waals surface area contributed by atoms with Crippen molar-refractivity contribution in [1.82, 2.24) is 19.2 Å². The van der Waals surface area contributed by atoms with E-state index < -0.39 is 10.2 Å². The summed E-state index contributed by atoms with van der Waals surface area (Å²) >= 11 is 0. The van der Waals surface area contributed by atoms with E-state index in [0.717, 1.165) is 32.5 Å². The second kappa shape index (κ2) is 6.65. The highest BCUT2D eigenvalue weighted by Gasteiger charge is 2.26. The summed E-state index contributed by atoms with van der Waals surface area (Å²) < 4.78 is 28.1. The van der Waals surface area contributed by atoms with Crippen LogP contribution in [0.25, 0.3) is 0 Å². The molecule has 1 atom stereocenters. The summed E-state index contributed by atoms with van der Waals surface area (Å²) in [4.78, 5) is 2.13. The van der Waals surface area contributed by atoms with Crippen LogP contribution in [-0.4, -0.2) is 71.0 Å². The van der Waals surface area contributed by atoms with Gasteiger partial charge in [-0.05, 0) is 40.0 Å². The van der Waals surface area contributed by atoms with Crippen molar-refractivity contribution < 1.29 is 8.42 Å². The van der Waals surface area contributed by atoms with Gasteiger partial charge in [-0.25, -0.2) is 0 Å². The van der Waals surface area contributed by atoms with Crippen molar-refractivity contribution >= 4 is 10.2 Å². The maximum Gasteiger partial charge on any atom is 0.279 e. The third-order valence-electron chi connectivity index (χ3n) is 3.02. The molecule has 1 aliphatic rings. The van der Waals surface area contributed by atoms with Gasteiger partial charge in [0.15, 0.2) is 0 Å². The lowest BCUT2D eigenvalue weighted by Crippen LogP contribution is -2.45. The molecular formula is C10H24N4O2S. The summed E-state index contributed by atoms with van der Waals surface area (Å²) in [5.41, 5.74) is 0. The van der Waals surface area contributed by atoms with Crippen LogP contribution >= 0.6 is 0 Å². The van der Waals surface area contributed by atoms with Gasteiger partial charge in [-0.1, -0.05) is 0 Å². The second-order valence-electron chi connectivity index (χ2n) is 4.65. The number of hydrogen-bond acceptors (Lipinski definition) is 4. The van der Waals surface area contributed by atoms with Crippen molar-refractivity contribution in [2.24, 2.45) is 0 Å². The maximum atomic E-state index is 12.0. The van der Waals surface area contributed by atoms with Crippen molar-refractivity contribution in [3.63, 3.8) is 0 Å². The zero-order valence-corrected chi connectivity index (χ0v) is 11.8. The second-order valence-corrected chi connectivity index (χ2v) is 6.46. The lowest BCUT2D eigenvalue weighted by molar-refractivity contribution is 0.401. The van der Waals surface area contributed by atoms with Crippen LogP contribution in [0.5, 0.6) is 0 Å². The fraction of sp³-hybridized carbons (Fsp3) is 1.00. The van der Waals surface area contributed by atoms with Gasteiger partial charge in [0.2, 0.25) is 0 Å². The molecule has 0 aromatic heterocycles. The number of likely N-dealkylation sites (N-methyl/N-ethyl adjacent to an activating group) is 1. The Kier molecular flexibility index (Phi) is 5.81. The monoisotopic (exact) mass is 264 g/mol. The molecular weight excluding hydrogens is 240 g/mol. The maximum absolute atomic E-state index is 12.0. The van der Waals surface area contributed by atoms with Gasteiger partial charge in [0.1, 0.15) is 0 Å². The van der Waals surface area contributed by atoms with E-state index in [1.165, 1.54) is 4.31 Å². The van der Waals surface area contributed by atoms with Crippen LogP contribution in [-0.2, 0) is 10.2 Å². The minimum Gasteiger partial charge on any atom is -0.320 e. The van der Waals surface area contributed by atoms with Crippen LogP contribution in [0.15, 0.2) is 0 Å². The average molecular weight is 264 g/mol. The zero-order valence-electron chi connectivity index (χ0n) is 10.9. The first-order chi connectivity index (χ1) is 7.95. The zero-order chi connectivity index (χ0) is 12.9. The molecule has 0 amide bonds. The summed E-state index contributed by atoms with van der Waals surface area (Å²) in [6.07, 6.45) is 1.71. The van der Waals surface area contributed by atoms with E-state index in [4.69, 9.17) is 0 Å². The van der Waals surface area contributed by atoms with E-state index in [1.807, 2.05) is 14.1 Å². The summed E-state index contributed by atoms with van der Waals surface area (Å²) in [5.74, 6) is 0. The molecule has 1 fully saturated rings. The van der Waals surface area contributed by atoms with Gasteiger partial charge in [-0.3, -0.25) is 0 Å². The van der Waals surface area contributed by atoms with Gasteiger partial charge in [0, 0.05) is 26.2 Å². The minimum atomic E-state index is -3.32. The van der Waals surface area contributed by atoms with E-state index in [1.54, 1.807) is 7.05 Å². The highest BCUT2D eigenvalue weighted by atomic mass is 32.2. The summed E-state index contributed by atoms with van der Waals surface area (Å²) in [6.45, 7) is 3.12. The molecule has 1 saturated heterocycles. The molecule has 6 nitrogen and oxygen atoms in total. The largest absolute Gasteiger partial charge is 0.320 e. The SMILES string of the molecule is CNCCCN(C)S(=O)(=O)NC1CCN(C)C1. The number of nitrogens with zero attached hydrogens (tertiary/aromatic N) is 2. The standard InChI is InChI=1S/C10H24N4O2S/c1-11-6-4-7-14(3)17(15,16)12-10-5-8-13(2)9-10/h10-12H,4-9H2,1-3H3. The number of nitrogens with one attached hydrogen (secondary N) is 2. The molecule has 0 saturated carbocycles. The Hall–Kier alpha value is -0.210. The quantitative estimate of drug-likeness (QED) is 0.583. The van der Waals surface area contributed by atoms with Crippen molar-refractivity contribution in [2.45, 2.75) is 18.9 Å². The van der Waals surface area contributed by atoms with Crippen molar-refractivity contribution in [1.29, 1.82) is 0 Å².